The van der Waals surface area contributed by atoms with Gasteiger partial charge in [0.15, 0.2) is 4.34 Å². The zero-order valence-corrected chi connectivity index (χ0v) is 16.8. The second-order valence-electron chi connectivity index (χ2n) is 6.26. The number of nitrogens with one attached hydrogen (secondary N) is 2. The highest BCUT2D eigenvalue weighted by molar-refractivity contribution is 8.01. The molecule has 0 aliphatic heterocycles. The van der Waals surface area contributed by atoms with Crippen LogP contribution in [0.2, 0.25) is 0 Å². The number of anilines is 3. The van der Waals surface area contributed by atoms with Crippen LogP contribution in [0, 0.1) is 6.92 Å². The molecule has 0 bridgehead atoms. The van der Waals surface area contributed by atoms with Crippen molar-refractivity contribution in [1.29, 1.82) is 0 Å². The Bertz CT molecular complexity index is 1110. The van der Waals surface area contributed by atoms with Gasteiger partial charge in [0.05, 0.1) is 5.75 Å². The fraction of sp³-hybridized carbons (Fsp3) is 0.0952. The van der Waals surface area contributed by atoms with E-state index in [4.69, 9.17) is 0 Å². The molecule has 1 heterocycles. The number of nitrogens with zero attached hydrogens (tertiary/aromatic N) is 2. The molecular formula is C21H18N4OS2. The van der Waals surface area contributed by atoms with E-state index in [0.29, 0.717) is 5.13 Å². The first kappa shape index (κ1) is 18.5. The number of aromatic nitrogens is 2. The first-order valence-corrected chi connectivity index (χ1v) is 10.5. The second-order valence-corrected chi connectivity index (χ2v) is 8.46. The topological polar surface area (TPSA) is 66.9 Å². The lowest BCUT2D eigenvalue weighted by Crippen LogP contribution is -2.13. The summed E-state index contributed by atoms with van der Waals surface area (Å²) in [5.74, 6) is 0.218. The van der Waals surface area contributed by atoms with Crippen LogP contribution in [0.3, 0.4) is 0 Å². The molecule has 4 aromatic rings. The average molecular weight is 407 g/mol. The molecule has 1 aromatic heterocycles. The standard InChI is InChI=1S/C21H18N4OS2/c1-14-6-9-17(10-7-14)23-20-24-25-21(28-20)27-13-19(26)22-18-11-8-15-4-2-3-5-16(15)12-18/h2-12H,13H2,1H3,(H,22,26)(H,23,24). The largest absolute Gasteiger partial charge is 0.330 e. The number of benzene rings is 3. The van der Waals surface area contributed by atoms with Crippen LogP contribution in [0.4, 0.5) is 16.5 Å². The Labute approximate surface area is 171 Å². The molecule has 0 aliphatic rings. The first-order valence-electron chi connectivity index (χ1n) is 8.74. The van der Waals surface area contributed by atoms with Gasteiger partial charge in [0.1, 0.15) is 0 Å². The number of carbonyl (C=O) groups excluding carboxylic acids is 1. The normalized spacial score (nSPS) is 10.8. The molecule has 2 N–H and O–H groups in total. The third-order valence-electron chi connectivity index (χ3n) is 4.07. The lowest BCUT2D eigenvalue weighted by Gasteiger charge is -2.05. The molecule has 0 aliphatic carbocycles. The summed E-state index contributed by atoms with van der Waals surface area (Å²) in [6.45, 7) is 2.05. The highest BCUT2D eigenvalue weighted by Gasteiger charge is 2.09. The number of thioether (sulfide) groups is 1. The van der Waals surface area contributed by atoms with E-state index in [2.05, 4.69) is 26.9 Å². The van der Waals surface area contributed by atoms with Crippen molar-refractivity contribution in [3.05, 3.63) is 72.3 Å². The van der Waals surface area contributed by atoms with Crippen LogP contribution in [-0.2, 0) is 4.79 Å². The molecule has 28 heavy (non-hydrogen) atoms. The van der Waals surface area contributed by atoms with Crippen molar-refractivity contribution < 1.29 is 4.79 Å². The summed E-state index contributed by atoms with van der Waals surface area (Å²) in [5, 5.41) is 17.4. The van der Waals surface area contributed by atoms with Gasteiger partial charge in [0, 0.05) is 11.4 Å². The van der Waals surface area contributed by atoms with E-state index in [1.165, 1.54) is 28.7 Å². The van der Waals surface area contributed by atoms with Gasteiger partial charge in [-0.15, -0.1) is 10.2 Å². The van der Waals surface area contributed by atoms with Crippen LogP contribution in [-0.4, -0.2) is 21.9 Å². The molecule has 7 heteroatoms. The van der Waals surface area contributed by atoms with Gasteiger partial charge in [-0.3, -0.25) is 4.79 Å². The van der Waals surface area contributed by atoms with Crippen molar-refractivity contribution >= 4 is 56.3 Å². The van der Waals surface area contributed by atoms with Crippen molar-refractivity contribution in [2.75, 3.05) is 16.4 Å². The van der Waals surface area contributed by atoms with E-state index in [0.717, 1.165) is 26.5 Å². The quantitative estimate of drug-likeness (QED) is 0.415. The van der Waals surface area contributed by atoms with E-state index in [-0.39, 0.29) is 11.7 Å². The first-order chi connectivity index (χ1) is 13.7. The average Bonchev–Trinajstić information content (AvgIpc) is 3.15. The molecule has 0 fully saturated rings. The lowest BCUT2D eigenvalue weighted by atomic mass is 10.1. The van der Waals surface area contributed by atoms with Crippen molar-refractivity contribution in [3.63, 3.8) is 0 Å². The van der Waals surface area contributed by atoms with Gasteiger partial charge >= 0.3 is 0 Å². The molecule has 0 saturated carbocycles. The number of hydrogen-bond acceptors (Lipinski definition) is 6. The molecule has 4 rings (SSSR count). The predicted molar refractivity (Wildman–Crippen MR) is 118 cm³/mol. The number of fused-ring (bicyclic) bond motifs is 1. The summed E-state index contributed by atoms with van der Waals surface area (Å²) in [6, 6.07) is 22.0. The number of aryl methyl sites for hydroxylation is 1. The number of hydrogen-bond donors (Lipinski definition) is 2. The van der Waals surface area contributed by atoms with E-state index in [1.807, 2.05) is 67.6 Å². The van der Waals surface area contributed by atoms with Gasteiger partial charge < -0.3 is 10.6 Å². The molecule has 0 unspecified atom stereocenters. The van der Waals surface area contributed by atoms with Crippen LogP contribution in [0.25, 0.3) is 10.8 Å². The van der Waals surface area contributed by atoms with E-state index in [1.54, 1.807) is 0 Å². The number of rotatable bonds is 6. The van der Waals surface area contributed by atoms with Gasteiger partial charge in [0.2, 0.25) is 11.0 Å². The molecular weight excluding hydrogens is 388 g/mol. The maximum Gasteiger partial charge on any atom is 0.234 e. The fourth-order valence-corrected chi connectivity index (χ4v) is 4.24. The summed E-state index contributed by atoms with van der Waals surface area (Å²) >= 11 is 2.81. The van der Waals surface area contributed by atoms with Crippen LogP contribution >= 0.6 is 23.1 Å². The SMILES string of the molecule is Cc1ccc(Nc2nnc(SCC(=O)Nc3ccc4ccccc4c3)s2)cc1. The Morgan fingerprint density at radius 2 is 1.71 bits per heavy atom. The second kappa shape index (κ2) is 8.41. The Morgan fingerprint density at radius 3 is 2.54 bits per heavy atom. The maximum absolute atomic E-state index is 12.3. The van der Waals surface area contributed by atoms with Gasteiger partial charge in [-0.1, -0.05) is 71.1 Å². The third kappa shape index (κ3) is 4.68. The van der Waals surface area contributed by atoms with Crippen molar-refractivity contribution in [2.45, 2.75) is 11.3 Å². The highest BCUT2D eigenvalue weighted by Crippen LogP contribution is 2.28. The molecule has 0 radical (unpaired) electrons. The summed E-state index contributed by atoms with van der Waals surface area (Å²) in [5.41, 5.74) is 2.96. The summed E-state index contributed by atoms with van der Waals surface area (Å²) in [7, 11) is 0. The number of amides is 1. The van der Waals surface area contributed by atoms with Gasteiger partial charge in [0.25, 0.3) is 0 Å². The maximum atomic E-state index is 12.3. The predicted octanol–water partition coefficient (Wildman–Crippen LogP) is 5.47. The molecule has 3 aromatic carbocycles. The summed E-state index contributed by atoms with van der Waals surface area (Å²) < 4.78 is 0.753. The van der Waals surface area contributed by atoms with Crippen molar-refractivity contribution in [1.82, 2.24) is 10.2 Å². The molecule has 0 saturated heterocycles. The zero-order chi connectivity index (χ0) is 19.3. The minimum absolute atomic E-state index is 0.0662. The van der Waals surface area contributed by atoms with E-state index >= 15 is 0 Å². The minimum Gasteiger partial charge on any atom is -0.330 e. The molecule has 0 atom stereocenters. The highest BCUT2D eigenvalue weighted by atomic mass is 32.2. The minimum atomic E-state index is -0.0662. The van der Waals surface area contributed by atoms with E-state index in [9.17, 15) is 4.79 Å². The van der Waals surface area contributed by atoms with Gasteiger partial charge in [-0.25, -0.2) is 0 Å². The number of carbonyl (C=O) groups is 1. The Kier molecular flexibility index (Phi) is 5.55. The third-order valence-corrected chi connectivity index (χ3v) is 6.04. The Hall–Kier alpha value is -2.90. The van der Waals surface area contributed by atoms with Crippen LogP contribution < -0.4 is 10.6 Å². The van der Waals surface area contributed by atoms with Crippen LogP contribution in [0.5, 0.6) is 0 Å². The van der Waals surface area contributed by atoms with E-state index < -0.39 is 0 Å². The fourth-order valence-electron chi connectivity index (χ4n) is 2.67. The monoisotopic (exact) mass is 406 g/mol. The van der Waals surface area contributed by atoms with Crippen molar-refractivity contribution in [3.8, 4) is 0 Å². The molecule has 0 spiro atoms. The van der Waals surface area contributed by atoms with Crippen LogP contribution in [0.1, 0.15) is 5.56 Å². The van der Waals surface area contributed by atoms with Gasteiger partial charge in [-0.05, 0) is 42.0 Å². The van der Waals surface area contributed by atoms with Crippen molar-refractivity contribution in [2.24, 2.45) is 0 Å². The molecule has 1 amide bonds. The Morgan fingerprint density at radius 1 is 0.964 bits per heavy atom. The summed E-state index contributed by atoms with van der Waals surface area (Å²) in [6.07, 6.45) is 0. The molecule has 140 valence electrons. The summed E-state index contributed by atoms with van der Waals surface area (Å²) in [4.78, 5) is 12.3. The molecule has 5 nitrogen and oxygen atoms in total. The van der Waals surface area contributed by atoms with Gasteiger partial charge in [-0.2, -0.15) is 0 Å². The smallest absolute Gasteiger partial charge is 0.234 e. The lowest BCUT2D eigenvalue weighted by molar-refractivity contribution is -0.113. The van der Waals surface area contributed by atoms with Crippen LogP contribution in [0.15, 0.2) is 71.1 Å². The zero-order valence-electron chi connectivity index (χ0n) is 15.2. The Balaban J connectivity index is 1.31.